The first-order valence-corrected chi connectivity index (χ1v) is 5.11. The minimum absolute atomic E-state index is 0.205. The fraction of sp³-hybridized carbons (Fsp3) is 0.417. The summed E-state index contributed by atoms with van der Waals surface area (Å²) < 4.78 is 10.2. The van der Waals surface area contributed by atoms with Crippen LogP contribution in [0, 0.1) is 0 Å². The number of hydrogen-bond acceptors (Lipinski definition) is 3. The monoisotopic (exact) mass is 206 g/mol. The SMILES string of the molecule is COC(=O)c1ccc([C@@H]2CCCO2)cc1. The third-order valence-corrected chi connectivity index (χ3v) is 2.63. The van der Waals surface area contributed by atoms with Gasteiger partial charge in [-0.1, -0.05) is 12.1 Å². The average Bonchev–Trinajstić information content (AvgIpc) is 2.82. The molecule has 0 saturated carbocycles. The van der Waals surface area contributed by atoms with Crippen molar-refractivity contribution in [2.45, 2.75) is 18.9 Å². The van der Waals surface area contributed by atoms with Gasteiger partial charge in [-0.15, -0.1) is 0 Å². The third kappa shape index (κ3) is 2.18. The molecule has 1 aromatic carbocycles. The van der Waals surface area contributed by atoms with Gasteiger partial charge in [-0.25, -0.2) is 4.79 Å². The predicted octanol–water partition coefficient (Wildman–Crippen LogP) is 2.32. The highest BCUT2D eigenvalue weighted by molar-refractivity contribution is 5.89. The van der Waals surface area contributed by atoms with Crippen molar-refractivity contribution in [3.63, 3.8) is 0 Å². The molecule has 0 unspecified atom stereocenters. The Kier molecular flexibility index (Phi) is 3.02. The lowest BCUT2D eigenvalue weighted by Gasteiger charge is -2.09. The maximum absolute atomic E-state index is 11.2. The average molecular weight is 206 g/mol. The Morgan fingerprint density at radius 3 is 2.67 bits per heavy atom. The Bertz CT molecular complexity index is 336. The highest BCUT2D eigenvalue weighted by Crippen LogP contribution is 2.28. The van der Waals surface area contributed by atoms with Crippen molar-refractivity contribution in [1.29, 1.82) is 0 Å². The maximum Gasteiger partial charge on any atom is 0.337 e. The van der Waals surface area contributed by atoms with Crippen molar-refractivity contribution in [1.82, 2.24) is 0 Å². The minimum Gasteiger partial charge on any atom is -0.465 e. The van der Waals surface area contributed by atoms with E-state index in [4.69, 9.17) is 4.74 Å². The van der Waals surface area contributed by atoms with Gasteiger partial charge >= 0.3 is 5.97 Å². The van der Waals surface area contributed by atoms with Gasteiger partial charge in [0.1, 0.15) is 0 Å². The van der Waals surface area contributed by atoms with Gasteiger partial charge in [0.25, 0.3) is 0 Å². The molecule has 0 bridgehead atoms. The van der Waals surface area contributed by atoms with E-state index < -0.39 is 0 Å². The molecule has 1 fully saturated rings. The molecule has 0 aromatic heterocycles. The van der Waals surface area contributed by atoms with Crippen LogP contribution in [0.5, 0.6) is 0 Å². The zero-order chi connectivity index (χ0) is 10.7. The van der Waals surface area contributed by atoms with Gasteiger partial charge in [0, 0.05) is 6.61 Å². The lowest BCUT2D eigenvalue weighted by Crippen LogP contribution is -2.02. The molecule has 0 aliphatic carbocycles. The molecule has 0 spiro atoms. The number of hydrogen-bond donors (Lipinski definition) is 0. The van der Waals surface area contributed by atoms with Crippen LogP contribution in [0.25, 0.3) is 0 Å². The summed E-state index contributed by atoms with van der Waals surface area (Å²) in [6.45, 7) is 0.837. The Morgan fingerprint density at radius 2 is 2.13 bits per heavy atom. The van der Waals surface area contributed by atoms with Gasteiger partial charge in [0.05, 0.1) is 18.8 Å². The first kappa shape index (κ1) is 10.2. The second kappa shape index (κ2) is 4.45. The maximum atomic E-state index is 11.2. The molecule has 1 saturated heterocycles. The first-order chi connectivity index (χ1) is 7.31. The summed E-state index contributed by atoms with van der Waals surface area (Å²) in [5.41, 5.74) is 1.72. The van der Waals surface area contributed by atoms with Crippen LogP contribution >= 0.6 is 0 Å². The van der Waals surface area contributed by atoms with E-state index in [-0.39, 0.29) is 12.1 Å². The van der Waals surface area contributed by atoms with Gasteiger partial charge in [-0.05, 0) is 30.5 Å². The molecule has 1 atom stereocenters. The fourth-order valence-electron chi connectivity index (χ4n) is 1.79. The molecule has 1 aliphatic rings. The largest absolute Gasteiger partial charge is 0.465 e. The first-order valence-electron chi connectivity index (χ1n) is 5.11. The smallest absolute Gasteiger partial charge is 0.337 e. The Hall–Kier alpha value is -1.35. The second-order valence-electron chi connectivity index (χ2n) is 3.62. The quantitative estimate of drug-likeness (QED) is 0.696. The van der Waals surface area contributed by atoms with E-state index in [1.165, 1.54) is 7.11 Å². The van der Waals surface area contributed by atoms with Gasteiger partial charge in [-0.2, -0.15) is 0 Å². The van der Waals surface area contributed by atoms with Crippen LogP contribution in [0.4, 0.5) is 0 Å². The molecule has 0 N–H and O–H groups in total. The predicted molar refractivity (Wildman–Crippen MR) is 55.7 cm³/mol. The van der Waals surface area contributed by atoms with Gasteiger partial charge in [0.2, 0.25) is 0 Å². The fourth-order valence-corrected chi connectivity index (χ4v) is 1.79. The Labute approximate surface area is 89.0 Å². The summed E-state index contributed by atoms with van der Waals surface area (Å²) in [6, 6.07) is 7.43. The summed E-state index contributed by atoms with van der Waals surface area (Å²) in [5.74, 6) is -0.297. The molecule has 1 aliphatic heterocycles. The van der Waals surface area contributed by atoms with Crippen LogP contribution in [0.15, 0.2) is 24.3 Å². The van der Waals surface area contributed by atoms with E-state index in [0.29, 0.717) is 5.56 Å². The number of carbonyl (C=O) groups excluding carboxylic acids is 1. The number of ether oxygens (including phenoxy) is 2. The standard InChI is InChI=1S/C12H14O3/c1-14-12(13)10-6-4-9(5-7-10)11-3-2-8-15-11/h4-7,11H,2-3,8H2,1H3/t11-/m0/s1. The molecular formula is C12H14O3. The molecule has 0 radical (unpaired) electrons. The normalized spacial score (nSPS) is 20.2. The lowest BCUT2D eigenvalue weighted by atomic mass is 10.0. The molecule has 3 nitrogen and oxygen atoms in total. The molecule has 80 valence electrons. The van der Waals surface area contributed by atoms with Crippen molar-refractivity contribution >= 4 is 5.97 Å². The summed E-state index contributed by atoms with van der Waals surface area (Å²) in [6.07, 6.45) is 2.39. The highest BCUT2D eigenvalue weighted by Gasteiger charge is 2.17. The van der Waals surface area contributed by atoms with E-state index in [2.05, 4.69) is 4.74 Å². The number of benzene rings is 1. The van der Waals surface area contributed by atoms with Crippen LogP contribution in [0.2, 0.25) is 0 Å². The second-order valence-corrected chi connectivity index (χ2v) is 3.62. The van der Waals surface area contributed by atoms with Crippen molar-refractivity contribution in [3.8, 4) is 0 Å². The summed E-state index contributed by atoms with van der Waals surface area (Å²) in [4.78, 5) is 11.2. The van der Waals surface area contributed by atoms with E-state index in [0.717, 1.165) is 25.0 Å². The zero-order valence-electron chi connectivity index (χ0n) is 8.73. The molecular weight excluding hydrogens is 192 g/mol. The molecule has 0 amide bonds. The van der Waals surface area contributed by atoms with E-state index in [1.54, 1.807) is 12.1 Å². The molecule has 1 heterocycles. The Morgan fingerprint density at radius 1 is 1.40 bits per heavy atom. The number of carbonyl (C=O) groups is 1. The van der Waals surface area contributed by atoms with Crippen LogP contribution in [-0.2, 0) is 9.47 Å². The van der Waals surface area contributed by atoms with Crippen LogP contribution in [0.1, 0.15) is 34.9 Å². The highest BCUT2D eigenvalue weighted by atomic mass is 16.5. The lowest BCUT2D eigenvalue weighted by molar-refractivity contribution is 0.0600. The molecule has 3 heteroatoms. The van der Waals surface area contributed by atoms with Crippen molar-refractivity contribution in [2.75, 3.05) is 13.7 Å². The van der Waals surface area contributed by atoms with Crippen LogP contribution < -0.4 is 0 Å². The number of methoxy groups -OCH3 is 1. The molecule has 15 heavy (non-hydrogen) atoms. The number of esters is 1. The van der Waals surface area contributed by atoms with Gasteiger partial charge in [-0.3, -0.25) is 0 Å². The van der Waals surface area contributed by atoms with Crippen molar-refractivity contribution in [3.05, 3.63) is 35.4 Å². The molecule has 1 aromatic rings. The van der Waals surface area contributed by atoms with Crippen LogP contribution in [0.3, 0.4) is 0 Å². The van der Waals surface area contributed by atoms with E-state index >= 15 is 0 Å². The van der Waals surface area contributed by atoms with E-state index in [1.807, 2.05) is 12.1 Å². The van der Waals surface area contributed by atoms with Crippen molar-refractivity contribution in [2.24, 2.45) is 0 Å². The van der Waals surface area contributed by atoms with Gasteiger partial charge in [0.15, 0.2) is 0 Å². The van der Waals surface area contributed by atoms with Crippen LogP contribution in [-0.4, -0.2) is 19.7 Å². The summed E-state index contributed by atoms with van der Waals surface area (Å²) >= 11 is 0. The Balaban J connectivity index is 2.12. The number of rotatable bonds is 2. The minimum atomic E-state index is -0.297. The van der Waals surface area contributed by atoms with Crippen molar-refractivity contribution < 1.29 is 14.3 Å². The summed E-state index contributed by atoms with van der Waals surface area (Å²) in [7, 11) is 1.39. The summed E-state index contributed by atoms with van der Waals surface area (Å²) in [5, 5.41) is 0. The third-order valence-electron chi connectivity index (χ3n) is 2.63. The topological polar surface area (TPSA) is 35.5 Å². The zero-order valence-corrected chi connectivity index (χ0v) is 8.73. The van der Waals surface area contributed by atoms with Gasteiger partial charge < -0.3 is 9.47 Å². The van der Waals surface area contributed by atoms with E-state index in [9.17, 15) is 4.79 Å². The molecule has 2 rings (SSSR count).